The normalized spacial score (nSPS) is 16.0. The Hall–Kier alpha value is -0.780. The van der Waals surface area contributed by atoms with E-state index in [0.29, 0.717) is 19.8 Å². The average Bonchev–Trinajstić information content (AvgIpc) is 2.62. The lowest BCUT2D eigenvalue weighted by atomic mass is 9.98. The Morgan fingerprint density at radius 2 is 2.16 bits per heavy atom. The predicted molar refractivity (Wildman–Crippen MR) is 78.0 cm³/mol. The first kappa shape index (κ1) is 14.6. The van der Waals surface area contributed by atoms with E-state index in [1.54, 1.807) is 0 Å². The van der Waals surface area contributed by atoms with E-state index in [2.05, 4.69) is 28.2 Å². The van der Waals surface area contributed by atoms with Crippen LogP contribution in [-0.2, 0) is 6.42 Å². The first-order valence-electron chi connectivity index (χ1n) is 6.62. The molecule has 19 heavy (non-hydrogen) atoms. The van der Waals surface area contributed by atoms with E-state index in [4.69, 9.17) is 9.47 Å². The van der Waals surface area contributed by atoms with Gasteiger partial charge in [-0.3, -0.25) is 0 Å². The molecule has 0 radical (unpaired) electrons. The fourth-order valence-electron chi connectivity index (χ4n) is 2.36. The maximum Gasteiger partial charge on any atom is 0.164 e. The molecule has 0 amide bonds. The highest BCUT2D eigenvalue weighted by molar-refractivity contribution is 9.10. The average molecular weight is 330 g/mol. The zero-order chi connectivity index (χ0) is 13.8. The van der Waals surface area contributed by atoms with Gasteiger partial charge in [-0.15, -0.1) is 0 Å². The zero-order valence-corrected chi connectivity index (χ0v) is 12.9. The molecule has 1 aliphatic rings. The molecule has 106 valence electrons. The zero-order valence-electron chi connectivity index (χ0n) is 11.3. The topological polar surface area (TPSA) is 50.7 Å². The van der Waals surface area contributed by atoms with Crippen LogP contribution in [0.3, 0.4) is 0 Å². The molecule has 1 aromatic rings. The van der Waals surface area contributed by atoms with Gasteiger partial charge >= 0.3 is 0 Å². The van der Waals surface area contributed by atoms with E-state index in [0.717, 1.165) is 39.9 Å². The van der Waals surface area contributed by atoms with Crippen molar-refractivity contribution in [2.45, 2.75) is 25.9 Å². The summed E-state index contributed by atoms with van der Waals surface area (Å²) in [4.78, 5) is 0. The number of hydrogen-bond donors (Lipinski definition) is 2. The van der Waals surface area contributed by atoms with Crippen LogP contribution >= 0.6 is 15.9 Å². The molecule has 2 rings (SSSR count). The van der Waals surface area contributed by atoms with E-state index in [9.17, 15) is 5.11 Å². The van der Waals surface area contributed by atoms with Gasteiger partial charge in [-0.2, -0.15) is 0 Å². The molecule has 1 aromatic carbocycles. The Bertz CT molecular complexity index is 451. The molecule has 4 nitrogen and oxygen atoms in total. The monoisotopic (exact) mass is 329 g/mol. The predicted octanol–water partition coefficient (Wildman–Crippen LogP) is 2.43. The number of hydrogen-bond acceptors (Lipinski definition) is 4. The minimum Gasteiger partial charge on any atom is -0.490 e. The minimum absolute atomic E-state index is 0.505. The van der Waals surface area contributed by atoms with E-state index < -0.39 is 6.10 Å². The van der Waals surface area contributed by atoms with Crippen LogP contribution < -0.4 is 14.8 Å². The molecule has 1 aliphatic heterocycles. The van der Waals surface area contributed by atoms with Crippen LogP contribution in [-0.4, -0.2) is 31.9 Å². The lowest BCUT2D eigenvalue weighted by Crippen LogP contribution is -2.19. The molecule has 5 heteroatoms. The summed E-state index contributed by atoms with van der Waals surface area (Å²) >= 11 is 3.54. The van der Waals surface area contributed by atoms with E-state index >= 15 is 0 Å². The Morgan fingerprint density at radius 3 is 2.84 bits per heavy atom. The molecule has 0 aromatic heterocycles. The molecule has 2 N–H and O–H groups in total. The number of fused-ring (bicyclic) bond motifs is 1. The number of ether oxygens (including phenoxy) is 2. The van der Waals surface area contributed by atoms with Crippen LogP contribution in [0.15, 0.2) is 10.5 Å². The SMILES string of the molecule is CCc1c2c(cc(Br)c1C(O)CNC)OCCCO2. The Kier molecular flexibility index (Phi) is 5.07. The van der Waals surface area contributed by atoms with Crippen molar-refractivity contribution >= 4 is 15.9 Å². The maximum atomic E-state index is 10.3. The lowest BCUT2D eigenvalue weighted by Gasteiger charge is -2.21. The Balaban J connectivity index is 2.51. The highest BCUT2D eigenvalue weighted by Crippen LogP contribution is 2.42. The number of likely N-dealkylation sites (N-methyl/N-ethyl adjacent to an activating group) is 1. The van der Waals surface area contributed by atoms with Gasteiger partial charge < -0.3 is 19.9 Å². The molecular formula is C14H20BrNO3. The molecule has 1 heterocycles. The van der Waals surface area contributed by atoms with Crippen molar-refractivity contribution in [2.75, 3.05) is 26.8 Å². The Labute approximate surface area is 122 Å². The molecule has 0 saturated heterocycles. The van der Waals surface area contributed by atoms with Crippen molar-refractivity contribution in [1.29, 1.82) is 0 Å². The lowest BCUT2D eigenvalue weighted by molar-refractivity contribution is 0.175. The fraction of sp³-hybridized carbons (Fsp3) is 0.571. The van der Waals surface area contributed by atoms with E-state index in [-0.39, 0.29) is 0 Å². The van der Waals surface area contributed by atoms with Gasteiger partial charge in [0.05, 0.1) is 19.3 Å². The maximum absolute atomic E-state index is 10.3. The summed E-state index contributed by atoms with van der Waals surface area (Å²) in [5.41, 5.74) is 1.91. The second kappa shape index (κ2) is 6.59. The summed E-state index contributed by atoms with van der Waals surface area (Å²) < 4.78 is 12.4. The van der Waals surface area contributed by atoms with Crippen LogP contribution in [0.25, 0.3) is 0 Å². The summed E-state index contributed by atoms with van der Waals surface area (Å²) in [6.45, 7) is 3.89. The first-order valence-corrected chi connectivity index (χ1v) is 7.41. The van der Waals surface area contributed by atoms with Gasteiger partial charge in [0, 0.05) is 28.6 Å². The Morgan fingerprint density at radius 1 is 1.42 bits per heavy atom. The third-order valence-electron chi connectivity index (χ3n) is 3.22. The molecule has 1 unspecified atom stereocenters. The number of aliphatic hydroxyl groups excluding tert-OH is 1. The first-order chi connectivity index (χ1) is 9.19. The van der Waals surface area contributed by atoms with E-state index in [1.165, 1.54) is 0 Å². The summed E-state index contributed by atoms with van der Waals surface area (Å²) in [5, 5.41) is 13.3. The van der Waals surface area contributed by atoms with Crippen molar-refractivity contribution < 1.29 is 14.6 Å². The third-order valence-corrected chi connectivity index (χ3v) is 3.87. The number of nitrogens with one attached hydrogen (secondary N) is 1. The van der Waals surface area contributed by atoms with Crippen LogP contribution in [0, 0.1) is 0 Å². The van der Waals surface area contributed by atoms with Crippen molar-refractivity contribution in [2.24, 2.45) is 0 Å². The van der Waals surface area contributed by atoms with Crippen LogP contribution in [0.1, 0.15) is 30.6 Å². The van der Waals surface area contributed by atoms with Gasteiger partial charge in [0.2, 0.25) is 0 Å². The highest BCUT2D eigenvalue weighted by Gasteiger charge is 2.23. The van der Waals surface area contributed by atoms with E-state index in [1.807, 2.05) is 13.1 Å². The molecule has 0 bridgehead atoms. The quantitative estimate of drug-likeness (QED) is 0.890. The van der Waals surface area contributed by atoms with Gasteiger partial charge in [0.1, 0.15) is 0 Å². The standard InChI is InChI=1S/C14H20BrNO3/c1-3-9-13(11(17)8-16-2)10(15)7-12-14(9)19-6-4-5-18-12/h7,11,16-17H,3-6,8H2,1-2H3. The number of benzene rings is 1. The molecular weight excluding hydrogens is 310 g/mol. The molecule has 1 atom stereocenters. The molecule has 0 fully saturated rings. The number of halogens is 1. The third kappa shape index (κ3) is 3.04. The molecule has 0 spiro atoms. The second-order valence-electron chi connectivity index (χ2n) is 4.56. The van der Waals surface area contributed by atoms with Crippen molar-refractivity contribution in [3.63, 3.8) is 0 Å². The van der Waals surface area contributed by atoms with Gasteiger partial charge in [0.25, 0.3) is 0 Å². The number of aliphatic hydroxyl groups is 1. The summed E-state index contributed by atoms with van der Waals surface area (Å²) in [6, 6.07) is 1.90. The molecule has 0 saturated carbocycles. The van der Waals surface area contributed by atoms with Crippen molar-refractivity contribution in [3.8, 4) is 11.5 Å². The van der Waals surface area contributed by atoms with Crippen molar-refractivity contribution in [1.82, 2.24) is 5.32 Å². The summed E-state index contributed by atoms with van der Waals surface area (Å²) in [6.07, 6.45) is 1.11. The minimum atomic E-state index is -0.563. The van der Waals surface area contributed by atoms with Crippen molar-refractivity contribution in [3.05, 3.63) is 21.7 Å². The van der Waals surface area contributed by atoms with Gasteiger partial charge in [0.15, 0.2) is 11.5 Å². The second-order valence-corrected chi connectivity index (χ2v) is 5.41. The number of rotatable bonds is 4. The fourth-order valence-corrected chi connectivity index (χ4v) is 3.07. The highest BCUT2D eigenvalue weighted by atomic mass is 79.9. The van der Waals surface area contributed by atoms with Gasteiger partial charge in [-0.25, -0.2) is 0 Å². The molecule has 0 aliphatic carbocycles. The van der Waals surface area contributed by atoms with Crippen LogP contribution in [0.4, 0.5) is 0 Å². The largest absolute Gasteiger partial charge is 0.490 e. The van der Waals surface area contributed by atoms with Gasteiger partial charge in [-0.1, -0.05) is 22.9 Å². The van der Waals surface area contributed by atoms with Crippen LogP contribution in [0.2, 0.25) is 0 Å². The summed E-state index contributed by atoms with van der Waals surface area (Å²) in [7, 11) is 1.83. The van der Waals surface area contributed by atoms with Gasteiger partial charge in [-0.05, 0) is 19.5 Å². The summed E-state index contributed by atoms with van der Waals surface area (Å²) in [5.74, 6) is 1.55. The van der Waals surface area contributed by atoms with Crippen LogP contribution in [0.5, 0.6) is 11.5 Å². The smallest absolute Gasteiger partial charge is 0.164 e.